The molecule has 11 heavy (non-hydrogen) atoms. The molecule has 3 N–H and O–H groups in total. The van der Waals surface area contributed by atoms with Gasteiger partial charge < -0.3 is 10.7 Å². The lowest BCUT2D eigenvalue weighted by Crippen LogP contribution is -2.36. The molecule has 0 spiro atoms. The lowest BCUT2D eigenvalue weighted by Gasteiger charge is -2.18. The summed E-state index contributed by atoms with van der Waals surface area (Å²) in [5.74, 6) is -2.95. The molecule has 0 aliphatic heterocycles. The van der Waals surface area contributed by atoms with E-state index in [1.165, 1.54) is 25.3 Å². The Hall–Kier alpha value is -0.900. The van der Waals surface area contributed by atoms with E-state index >= 15 is 0 Å². The number of nitrogens with one attached hydrogen (secondary N) is 1. The SMILES string of the molecule is CC(N)C(F)(F)c1ccc[nH]1. The molecule has 0 bridgehead atoms. The molecule has 1 aromatic rings. The summed E-state index contributed by atoms with van der Waals surface area (Å²) in [5, 5.41) is 0. The van der Waals surface area contributed by atoms with Crippen molar-refractivity contribution in [3.8, 4) is 0 Å². The van der Waals surface area contributed by atoms with E-state index in [9.17, 15) is 8.78 Å². The van der Waals surface area contributed by atoms with Crippen molar-refractivity contribution in [2.24, 2.45) is 5.73 Å². The number of hydrogen-bond donors (Lipinski definition) is 2. The highest BCUT2D eigenvalue weighted by molar-refractivity contribution is 5.12. The maximum Gasteiger partial charge on any atom is 0.302 e. The summed E-state index contributed by atoms with van der Waals surface area (Å²) in [7, 11) is 0. The number of hydrogen-bond acceptors (Lipinski definition) is 1. The first-order chi connectivity index (χ1) is 5.05. The first-order valence-corrected chi connectivity index (χ1v) is 3.32. The number of alkyl halides is 2. The van der Waals surface area contributed by atoms with E-state index in [-0.39, 0.29) is 5.69 Å². The first kappa shape index (κ1) is 8.20. The topological polar surface area (TPSA) is 41.8 Å². The van der Waals surface area contributed by atoms with Crippen LogP contribution in [0.15, 0.2) is 18.3 Å². The van der Waals surface area contributed by atoms with Crippen molar-refractivity contribution in [3.63, 3.8) is 0 Å². The van der Waals surface area contributed by atoms with Gasteiger partial charge in [-0.2, -0.15) is 8.78 Å². The molecule has 4 heteroatoms. The van der Waals surface area contributed by atoms with Crippen LogP contribution in [0, 0.1) is 0 Å². The van der Waals surface area contributed by atoms with Crippen LogP contribution < -0.4 is 5.73 Å². The molecular weight excluding hydrogens is 150 g/mol. The third kappa shape index (κ3) is 1.40. The van der Waals surface area contributed by atoms with Crippen LogP contribution in [-0.2, 0) is 5.92 Å². The van der Waals surface area contributed by atoms with E-state index in [2.05, 4.69) is 4.98 Å². The van der Waals surface area contributed by atoms with Gasteiger partial charge in [-0.25, -0.2) is 0 Å². The zero-order valence-electron chi connectivity index (χ0n) is 6.14. The van der Waals surface area contributed by atoms with E-state index in [1.54, 1.807) is 0 Å². The third-order valence-electron chi connectivity index (χ3n) is 1.53. The highest BCUT2D eigenvalue weighted by atomic mass is 19.3. The number of rotatable bonds is 2. The van der Waals surface area contributed by atoms with Gasteiger partial charge in [0.1, 0.15) is 0 Å². The molecule has 0 saturated heterocycles. The zero-order valence-corrected chi connectivity index (χ0v) is 6.14. The second-order valence-electron chi connectivity index (χ2n) is 2.50. The molecule has 0 aliphatic rings. The molecule has 0 aromatic carbocycles. The Morgan fingerprint density at radius 2 is 2.27 bits per heavy atom. The maximum absolute atomic E-state index is 13.0. The standard InChI is InChI=1S/C7H10F2N2/c1-5(10)7(8,9)6-3-2-4-11-6/h2-5,11H,10H2,1H3. The molecule has 1 aromatic heterocycles. The Morgan fingerprint density at radius 3 is 2.64 bits per heavy atom. The molecule has 1 unspecified atom stereocenters. The van der Waals surface area contributed by atoms with Crippen LogP contribution in [0.2, 0.25) is 0 Å². The Labute approximate surface area is 63.4 Å². The summed E-state index contributed by atoms with van der Waals surface area (Å²) < 4.78 is 25.9. The Balaban J connectivity index is 2.90. The van der Waals surface area contributed by atoms with Crippen LogP contribution in [0.1, 0.15) is 12.6 Å². The van der Waals surface area contributed by atoms with Crippen molar-refractivity contribution in [2.75, 3.05) is 0 Å². The van der Waals surface area contributed by atoms with Gasteiger partial charge in [0, 0.05) is 6.20 Å². The second-order valence-corrected chi connectivity index (χ2v) is 2.50. The van der Waals surface area contributed by atoms with E-state index in [1.807, 2.05) is 0 Å². The molecule has 1 heterocycles. The largest absolute Gasteiger partial charge is 0.360 e. The van der Waals surface area contributed by atoms with Gasteiger partial charge in [-0.05, 0) is 19.1 Å². The summed E-state index contributed by atoms with van der Waals surface area (Å²) in [6, 6.07) is 1.68. The van der Waals surface area contributed by atoms with Crippen LogP contribution in [0.3, 0.4) is 0 Å². The highest BCUT2D eigenvalue weighted by Gasteiger charge is 2.36. The number of aromatic amines is 1. The predicted molar refractivity (Wildman–Crippen MR) is 38.3 cm³/mol. The molecule has 0 saturated carbocycles. The van der Waals surface area contributed by atoms with Gasteiger partial charge in [-0.3, -0.25) is 0 Å². The van der Waals surface area contributed by atoms with E-state index in [0.717, 1.165) is 0 Å². The number of nitrogens with two attached hydrogens (primary N) is 1. The molecule has 0 aliphatic carbocycles. The molecule has 0 radical (unpaired) electrons. The van der Waals surface area contributed by atoms with Crippen LogP contribution in [0.4, 0.5) is 8.78 Å². The van der Waals surface area contributed by atoms with E-state index in [4.69, 9.17) is 5.73 Å². The fourth-order valence-corrected chi connectivity index (χ4v) is 0.783. The van der Waals surface area contributed by atoms with Crippen molar-refractivity contribution < 1.29 is 8.78 Å². The molecule has 1 rings (SSSR count). The van der Waals surface area contributed by atoms with E-state index in [0.29, 0.717) is 0 Å². The Bertz CT molecular complexity index is 216. The van der Waals surface area contributed by atoms with Gasteiger partial charge in [-0.1, -0.05) is 0 Å². The van der Waals surface area contributed by atoms with Crippen molar-refractivity contribution in [2.45, 2.75) is 18.9 Å². The smallest absolute Gasteiger partial charge is 0.302 e. The van der Waals surface area contributed by atoms with Crippen LogP contribution in [0.25, 0.3) is 0 Å². The normalized spacial score (nSPS) is 14.9. The van der Waals surface area contributed by atoms with Crippen molar-refractivity contribution in [1.82, 2.24) is 4.98 Å². The lowest BCUT2D eigenvalue weighted by atomic mass is 10.1. The monoisotopic (exact) mass is 160 g/mol. The summed E-state index contributed by atoms with van der Waals surface area (Å²) in [5.41, 5.74) is 4.96. The Kier molecular flexibility index (Phi) is 1.95. The van der Waals surface area contributed by atoms with Crippen LogP contribution >= 0.6 is 0 Å². The molecule has 62 valence electrons. The molecule has 2 nitrogen and oxygen atoms in total. The van der Waals surface area contributed by atoms with Gasteiger partial charge >= 0.3 is 5.92 Å². The summed E-state index contributed by atoms with van der Waals surface area (Å²) >= 11 is 0. The predicted octanol–water partition coefficient (Wildman–Crippen LogP) is 1.45. The third-order valence-corrected chi connectivity index (χ3v) is 1.53. The quantitative estimate of drug-likeness (QED) is 0.675. The minimum Gasteiger partial charge on any atom is -0.360 e. The molecule has 0 amide bonds. The number of aromatic nitrogens is 1. The minimum absolute atomic E-state index is 0.132. The fourth-order valence-electron chi connectivity index (χ4n) is 0.783. The first-order valence-electron chi connectivity index (χ1n) is 3.32. The van der Waals surface area contributed by atoms with Gasteiger partial charge in [0.2, 0.25) is 0 Å². The number of H-pyrrole nitrogens is 1. The maximum atomic E-state index is 13.0. The van der Waals surface area contributed by atoms with Crippen molar-refractivity contribution >= 4 is 0 Å². The number of halogens is 2. The highest BCUT2D eigenvalue weighted by Crippen LogP contribution is 2.28. The Morgan fingerprint density at radius 1 is 1.64 bits per heavy atom. The van der Waals surface area contributed by atoms with E-state index < -0.39 is 12.0 Å². The summed E-state index contributed by atoms with van der Waals surface area (Å²) in [4.78, 5) is 2.43. The molecule has 1 atom stereocenters. The molecule has 0 fully saturated rings. The average molecular weight is 160 g/mol. The summed E-state index contributed by atoms with van der Waals surface area (Å²) in [6.07, 6.45) is 1.45. The average Bonchev–Trinajstić information content (AvgIpc) is 2.37. The van der Waals surface area contributed by atoms with Crippen molar-refractivity contribution in [3.05, 3.63) is 24.0 Å². The van der Waals surface area contributed by atoms with Crippen molar-refractivity contribution in [1.29, 1.82) is 0 Å². The van der Waals surface area contributed by atoms with Gasteiger partial charge in [0.25, 0.3) is 0 Å². The summed E-state index contributed by atoms with van der Waals surface area (Å²) in [6.45, 7) is 1.28. The van der Waals surface area contributed by atoms with Gasteiger partial charge in [0.15, 0.2) is 0 Å². The molecular formula is C7H10F2N2. The second kappa shape index (κ2) is 2.62. The van der Waals surface area contributed by atoms with Crippen LogP contribution in [-0.4, -0.2) is 11.0 Å². The van der Waals surface area contributed by atoms with Gasteiger partial charge in [-0.15, -0.1) is 0 Å². The lowest BCUT2D eigenvalue weighted by molar-refractivity contribution is -0.0294. The zero-order chi connectivity index (χ0) is 8.48. The fraction of sp³-hybridized carbons (Fsp3) is 0.429. The van der Waals surface area contributed by atoms with Gasteiger partial charge in [0.05, 0.1) is 11.7 Å². The minimum atomic E-state index is -2.95. The van der Waals surface area contributed by atoms with Crippen LogP contribution in [0.5, 0.6) is 0 Å².